The largest absolute Gasteiger partial charge is 0.477 e. The Morgan fingerprint density at radius 1 is 1.27 bits per heavy atom. The normalized spacial score (nSPS) is 27.8. The highest BCUT2D eigenvalue weighted by Gasteiger charge is 2.46. The summed E-state index contributed by atoms with van der Waals surface area (Å²) in [5.41, 5.74) is -5.30. The predicted octanol–water partition coefficient (Wildman–Crippen LogP) is -2.27. The molecule has 14 nitrogen and oxygen atoms in total. The second kappa shape index (κ2) is 7.11. The molecule has 0 amide bonds. The average molecular weight is 396 g/mol. The van der Waals surface area contributed by atoms with Crippen LogP contribution in [0.2, 0.25) is 0 Å². The first kappa shape index (κ1) is 20.0. The second-order valence-corrected chi connectivity index (χ2v) is 6.83. The van der Waals surface area contributed by atoms with Crippen LogP contribution in [-0.2, 0) is 13.8 Å². The summed E-state index contributed by atoms with van der Waals surface area (Å²) in [7, 11) is -5.06. The molecule has 1 aliphatic heterocycles. The molecule has 1 saturated heterocycles. The number of H-pyrrole nitrogens is 1. The fourth-order valence-electron chi connectivity index (χ4n) is 2.23. The molecule has 2 heterocycles. The number of carboxylic acid groups (broad SMARTS) is 2. The number of hydrogen-bond acceptors (Lipinski definition) is 9. The van der Waals surface area contributed by atoms with E-state index >= 15 is 0 Å². The van der Waals surface area contributed by atoms with E-state index in [1.807, 2.05) is 0 Å². The van der Waals surface area contributed by atoms with Crippen LogP contribution < -0.4 is 11.2 Å². The van der Waals surface area contributed by atoms with E-state index in [2.05, 4.69) is 4.52 Å². The van der Waals surface area contributed by atoms with Gasteiger partial charge in [-0.15, -0.1) is 0 Å². The minimum absolute atomic E-state index is 0.355. The summed E-state index contributed by atoms with van der Waals surface area (Å²) in [5.74, 6) is -1.70. The number of rotatable bonds is 6. The number of ether oxygens (including phenoxy) is 1. The van der Waals surface area contributed by atoms with Gasteiger partial charge in [0.25, 0.3) is 5.56 Å². The average Bonchev–Trinajstić information content (AvgIpc) is 2.80. The molecule has 1 unspecified atom stereocenters. The van der Waals surface area contributed by atoms with Crippen molar-refractivity contribution in [2.45, 2.75) is 24.5 Å². The van der Waals surface area contributed by atoms with E-state index in [0.29, 0.717) is 10.6 Å². The lowest BCUT2D eigenvalue weighted by molar-refractivity contribution is -0.0536. The molecule has 26 heavy (non-hydrogen) atoms. The van der Waals surface area contributed by atoms with E-state index in [0.717, 1.165) is 0 Å². The molecule has 0 bridgehead atoms. The van der Waals surface area contributed by atoms with Gasteiger partial charge in [0, 0.05) is 6.07 Å². The van der Waals surface area contributed by atoms with Crippen molar-refractivity contribution in [1.82, 2.24) is 9.55 Å². The number of aromatic carboxylic acids is 1. The number of aromatic nitrogens is 2. The smallest absolute Gasteiger partial charge is 0.435 e. The second-order valence-electron chi connectivity index (χ2n) is 5.14. The fraction of sp³-hybridized carbons (Fsp3) is 0.455. The van der Waals surface area contributed by atoms with Crippen LogP contribution >= 0.6 is 7.60 Å². The van der Waals surface area contributed by atoms with Gasteiger partial charge in [-0.05, 0) is 0 Å². The Balaban J connectivity index is 2.32. The Labute approximate surface area is 142 Å². The van der Waals surface area contributed by atoms with E-state index < -0.39 is 67.4 Å². The lowest BCUT2D eigenvalue weighted by Crippen LogP contribution is -2.40. The molecule has 1 aliphatic rings. The summed E-state index contributed by atoms with van der Waals surface area (Å²) >= 11 is 0. The zero-order valence-corrected chi connectivity index (χ0v) is 13.5. The predicted molar refractivity (Wildman–Crippen MR) is 78.0 cm³/mol. The lowest BCUT2D eigenvalue weighted by atomic mass is 10.1. The summed E-state index contributed by atoms with van der Waals surface area (Å²) < 4.78 is 20.9. The number of hydrogen-bond donors (Lipinski definition) is 6. The molecule has 0 aliphatic carbocycles. The van der Waals surface area contributed by atoms with Gasteiger partial charge >= 0.3 is 25.0 Å². The van der Waals surface area contributed by atoms with Crippen LogP contribution in [0, 0.1) is 0 Å². The Morgan fingerprint density at radius 3 is 2.42 bits per heavy atom. The summed E-state index contributed by atoms with van der Waals surface area (Å²) in [6.45, 7) is -0.963. The van der Waals surface area contributed by atoms with Gasteiger partial charge < -0.3 is 30.1 Å². The van der Waals surface area contributed by atoms with Crippen LogP contribution in [-0.4, -0.2) is 71.5 Å². The van der Waals surface area contributed by atoms with Crippen molar-refractivity contribution in [3.8, 4) is 0 Å². The fourth-order valence-corrected chi connectivity index (χ4v) is 2.69. The van der Waals surface area contributed by atoms with Crippen LogP contribution in [0.25, 0.3) is 0 Å². The van der Waals surface area contributed by atoms with Crippen LogP contribution in [0.1, 0.15) is 16.7 Å². The number of nitrogens with one attached hydrogen (secondary N) is 1. The first-order valence-electron chi connectivity index (χ1n) is 6.77. The Kier molecular flexibility index (Phi) is 5.46. The third-order valence-electron chi connectivity index (χ3n) is 3.44. The van der Waals surface area contributed by atoms with Crippen LogP contribution in [0.4, 0.5) is 4.79 Å². The van der Waals surface area contributed by atoms with E-state index in [1.165, 1.54) is 0 Å². The van der Waals surface area contributed by atoms with Crippen LogP contribution in [0.15, 0.2) is 15.7 Å². The van der Waals surface area contributed by atoms with Gasteiger partial charge in [0.2, 0.25) is 0 Å². The molecular weight excluding hydrogens is 383 g/mol. The van der Waals surface area contributed by atoms with E-state index in [9.17, 15) is 34.0 Å². The monoisotopic (exact) mass is 396 g/mol. The number of nitrogens with zero attached hydrogens (tertiary/aromatic N) is 1. The maximum absolute atomic E-state index is 11.9. The number of aliphatic hydroxyl groups is 2. The molecule has 15 heteroatoms. The minimum atomic E-state index is -5.06. The summed E-state index contributed by atoms with van der Waals surface area (Å²) in [4.78, 5) is 55.7. The highest BCUT2D eigenvalue weighted by molar-refractivity contribution is 7.70. The van der Waals surface area contributed by atoms with E-state index in [4.69, 9.17) is 19.8 Å². The van der Waals surface area contributed by atoms with Crippen molar-refractivity contribution in [3.05, 3.63) is 32.6 Å². The van der Waals surface area contributed by atoms with Crippen molar-refractivity contribution in [2.75, 3.05) is 6.61 Å². The summed E-state index contributed by atoms with van der Waals surface area (Å²) in [5, 5.41) is 37.5. The van der Waals surface area contributed by atoms with Gasteiger partial charge in [0.15, 0.2) is 6.23 Å². The molecule has 1 aromatic rings. The zero-order valence-electron chi connectivity index (χ0n) is 12.6. The number of carboxylic acids is 1. The van der Waals surface area contributed by atoms with E-state index in [1.54, 1.807) is 4.98 Å². The molecule has 1 aromatic heterocycles. The van der Waals surface area contributed by atoms with Gasteiger partial charge in [-0.25, -0.2) is 18.9 Å². The number of aromatic amines is 1. The number of aliphatic hydroxyl groups excluding tert-OH is 2. The van der Waals surface area contributed by atoms with Gasteiger partial charge in [-0.3, -0.25) is 18.9 Å². The third kappa shape index (κ3) is 3.75. The van der Waals surface area contributed by atoms with Crippen molar-refractivity contribution in [1.29, 1.82) is 0 Å². The van der Waals surface area contributed by atoms with Crippen LogP contribution in [0.3, 0.4) is 0 Å². The lowest BCUT2D eigenvalue weighted by Gasteiger charge is -2.19. The van der Waals surface area contributed by atoms with Crippen LogP contribution in [0.5, 0.6) is 0 Å². The molecule has 0 aromatic carbocycles. The van der Waals surface area contributed by atoms with Gasteiger partial charge in [0.1, 0.15) is 24.0 Å². The molecule has 144 valence electrons. The quantitative estimate of drug-likeness (QED) is 0.280. The first-order valence-corrected chi connectivity index (χ1v) is 8.35. The Bertz CT molecular complexity index is 890. The van der Waals surface area contributed by atoms with Gasteiger partial charge in [-0.1, -0.05) is 0 Å². The number of carbonyl (C=O) groups is 2. The first-order chi connectivity index (χ1) is 12.0. The standard InChI is InChI=1S/C11H13N2O12P/c14-5-1-3(9(17)18)13(10(19)12-5)8-7(16)6(15)4(25-8)2-24-26(22,23)11(20)21/h1,4,6-8,15-16H,2H2,(H,17,18)(H,20,21)(H,22,23)(H,12,14,19)/t4-,6-,7-,8-/m1/s1. The van der Waals surface area contributed by atoms with Crippen molar-refractivity contribution in [3.63, 3.8) is 0 Å². The maximum Gasteiger partial charge on any atom is 0.435 e. The highest BCUT2D eigenvalue weighted by Crippen LogP contribution is 2.43. The van der Waals surface area contributed by atoms with Gasteiger partial charge in [0.05, 0.1) is 6.61 Å². The molecule has 5 atom stereocenters. The molecular formula is C11H13N2O12P. The van der Waals surface area contributed by atoms with Crippen molar-refractivity contribution in [2.24, 2.45) is 0 Å². The molecule has 0 spiro atoms. The minimum Gasteiger partial charge on any atom is -0.477 e. The molecule has 0 radical (unpaired) electrons. The zero-order chi connectivity index (χ0) is 19.8. The highest BCUT2D eigenvalue weighted by atomic mass is 31.2. The molecule has 2 rings (SSSR count). The third-order valence-corrected chi connectivity index (χ3v) is 4.43. The Hall–Kier alpha value is -2.35. The van der Waals surface area contributed by atoms with E-state index in [-0.39, 0.29) is 0 Å². The molecule has 6 N–H and O–H groups in total. The Morgan fingerprint density at radius 2 is 1.88 bits per heavy atom. The summed E-state index contributed by atoms with van der Waals surface area (Å²) in [6, 6.07) is 0.544. The van der Waals surface area contributed by atoms with Crippen molar-refractivity contribution < 1.29 is 48.7 Å². The topological polar surface area (TPSA) is 226 Å². The SMILES string of the molecule is O=C(O)c1cc(=O)[nH]c(=O)n1[C@@H]1O[C@H](COP(=O)(O)C(=O)O)[C@@H](O)[C@H]1O. The molecule has 1 fully saturated rings. The van der Waals surface area contributed by atoms with Gasteiger partial charge in [-0.2, -0.15) is 0 Å². The maximum atomic E-state index is 11.9. The van der Waals surface area contributed by atoms with Crippen molar-refractivity contribution >= 4 is 19.3 Å². The molecule has 0 saturated carbocycles. The summed E-state index contributed by atoms with van der Waals surface area (Å²) in [6.07, 6.45) is -7.09.